The largest absolute Gasteiger partial charge is 0.478 e. The van der Waals surface area contributed by atoms with Crippen molar-refractivity contribution >= 4 is 22.4 Å². The lowest BCUT2D eigenvalue weighted by atomic mass is 9.97. The molecule has 5 aromatic rings. The molecule has 5 heteroatoms. The zero-order valence-corrected chi connectivity index (χ0v) is 15.7. The van der Waals surface area contributed by atoms with Crippen LogP contribution in [0.1, 0.15) is 15.9 Å². The Morgan fingerprint density at radius 2 is 1.62 bits per heavy atom. The predicted octanol–water partition coefficient (Wildman–Crippen LogP) is 5.22. The number of rotatable bonds is 3. The molecule has 0 radical (unpaired) electrons. The van der Waals surface area contributed by atoms with Crippen LogP contribution in [0.15, 0.2) is 79.3 Å². The Labute approximate surface area is 166 Å². The van der Waals surface area contributed by atoms with E-state index in [0.29, 0.717) is 5.39 Å². The molecule has 1 N–H and O–H groups in total. The Morgan fingerprint density at radius 1 is 0.862 bits per heavy atom. The Bertz CT molecular complexity index is 1380. The number of carboxylic acids is 1. The van der Waals surface area contributed by atoms with Crippen molar-refractivity contribution in [3.8, 4) is 22.3 Å². The van der Waals surface area contributed by atoms with Gasteiger partial charge in [-0.25, -0.2) is 14.3 Å². The first-order chi connectivity index (χ1) is 14.1. The van der Waals surface area contributed by atoms with Crippen molar-refractivity contribution in [1.82, 2.24) is 14.6 Å². The Kier molecular flexibility index (Phi) is 3.88. The second-order valence-corrected chi connectivity index (χ2v) is 7.05. The van der Waals surface area contributed by atoms with Gasteiger partial charge in [0.2, 0.25) is 0 Å². The van der Waals surface area contributed by atoms with Crippen LogP contribution in [-0.2, 0) is 0 Å². The Morgan fingerprint density at radius 3 is 2.41 bits per heavy atom. The molecular formula is C24H17N3O2. The minimum atomic E-state index is -0.937. The number of hydrogen-bond donors (Lipinski definition) is 1. The quantitative estimate of drug-likeness (QED) is 0.466. The monoisotopic (exact) mass is 379 g/mol. The maximum atomic E-state index is 11.6. The molecule has 2 aromatic heterocycles. The van der Waals surface area contributed by atoms with Gasteiger partial charge in [-0.05, 0) is 34.9 Å². The number of aryl methyl sites for hydroxylation is 1. The topological polar surface area (TPSA) is 67.5 Å². The van der Waals surface area contributed by atoms with Crippen molar-refractivity contribution in [2.75, 3.05) is 0 Å². The van der Waals surface area contributed by atoms with E-state index >= 15 is 0 Å². The molecule has 3 aromatic carbocycles. The van der Waals surface area contributed by atoms with Gasteiger partial charge in [-0.2, -0.15) is 5.10 Å². The number of carboxylic acid groups (broad SMARTS) is 1. The summed E-state index contributed by atoms with van der Waals surface area (Å²) in [5, 5.41) is 15.6. The molecule has 0 spiro atoms. The minimum absolute atomic E-state index is 0.287. The van der Waals surface area contributed by atoms with Gasteiger partial charge in [0.15, 0.2) is 5.65 Å². The molecule has 0 aliphatic rings. The summed E-state index contributed by atoms with van der Waals surface area (Å²) < 4.78 is 1.77. The summed E-state index contributed by atoms with van der Waals surface area (Å²) in [6.07, 6.45) is 5.59. The van der Waals surface area contributed by atoms with Crippen LogP contribution in [0, 0.1) is 6.92 Å². The van der Waals surface area contributed by atoms with E-state index in [4.69, 9.17) is 0 Å². The number of carbonyl (C=O) groups is 1. The lowest BCUT2D eigenvalue weighted by Crippen LogP contribution is -1.97. The first-order valence-electron chi connectivity index (χ1n) is 9.27. The van der Waals surface area contributed by atoms with Crippen molar-refractivity contribution in [3.05, 3.63) is 90.4 Å². The smallest absolute Gasteiger partial charge is 0.336 e. The van der Waals surface area contributed by atoms with E-state index in [1.807, 2.05) is 36.7 Å². The molecular weight excluding hydrogens is 362 g/mol. The van der Waals surface area contributed by atoms with E-state index < -0.39 is 5.97 Å². The Hall–Kier alpha value is -3.99. The van der Waals surface area contributed by atoms with E-state index in [0.717, 1.165) is 33.3 Å². The van der Waals surface area contributed by atoms with Gasteiger partial charge in [-0.1, -0.05) is 60.2 Å². The third-order valence-electron chi connectivity index (χ3n) is 5.18. The van der Waals surface area contributed by atoms with Crippen molar-refractivity contribution in [2.45, 2.75) is 6.92 Å². The van der Waals surface area contributed by atoms with Crippen molar-refractivity contribution < 1.29 is 9.90 Å². The number of nitrogens with zero attached hydrogens (tertiary/aromatic N) is 3. The van der Waals surface area contributed by atoms with Crippen LogP contribution < -0.4 is 0 Å². The van der Waals surface area contributed by atoms with Crippen molar-refractivity contribution in [1.29, 1.82) is 0 Å². The second-order valence-electron chi connectivity index (χ2n) is 7.05. The molecule has 0 saturated carbocycles. The average Bonchev–Trinajstić information content (AvgIpc) is 3.16. The van der Waals surface area contributed by atoms with Gasteiger partial charge < -0.3 is 5.11 Å². The molecule has 29 heavy (non-hydrogen) atoms. The van der Waals surface area contributed by atoms with Crippen LogP contribution in [0.4, 0.5) is 0 Å². The molecule has 0 atom stereocenters. The molecule has 140 valence electrons. The molecule has 5 nitrogen and oxygen atoms in total. The third kappa shape index (κ3) is 2.84. The summed E-state index contributed by atoms with van der Waals surface area (Å²) in [5.41, 5.74) is 6.08. The first kappa shape index (κ1) is 17.1. The summed E-state index contributed by atoms with van der Waals surface area (Å²) in [6, 6.07) is 19.3. The molecule has 0 fully saturated rings. The lowest BCUT2D eigenvalue weighted by Gasteiger charge is -2.08. The van der Waals surface area contributed by atoms with E-state index in [-0.39, 0.29) is 5.56 Å². The highest BCUT2D eigenvalue weighted by atomic mass is 16.4. The maximum absolute atomic E-state index is 11.6. The first-order valence-corrected chi connectivity index (χ1v) is 9.27. The fraction of sp³-hybridized carbons (Fsp3) is 0.0417. The normalized spacial score (nSPS) is 11.2. The summed E-state index contributed by atoms with van der Waals surface area (Å²) in [7, 11) is 0. The van der Waals surface area contributed by atoms with Crippen LogP contribution in [0.2, 0.25) is 0 Å². The van der Waals surface area contributed by atoms with Gasteiger partial charge in [0, 0.05) is 23.5 Å². The van der Waals surface area contributed by atoms with Gasteiger partial charge in [0.1, 0.15) is 0 Å². The van der Waals surface area contributed by atoms with Crippen molar-refractivity contribution in [2.24, 2.45) is 0 Å². The van der Waals surface area contributed by atoms with E-state index in [1.165, 1.54) is 5.56 Å². The zero-order valence-electron chi connectivity index (χ0n) is 15.7. The van der Waals surface area contributed by atoms with Crippen LogP contribution >= 0.6 is 0 Å². The maximum Gasteiger partial charge on any atom is 0.336 e. The van der Waals surface area contributed by atoms with Gasteiger partial charge in [0.05, 0.1) is 11.8 Å². The molecule has 0 bridgehead atoms. The molecule has 0 amide bonds. The van der Waals surface area contributed by atoms with Crippen LogP contribution in [0.5, 0.6) is 0 Å². The number of fused-ring (bicyclic) bond motifs is 2. The molecule has 0 aliphatic carbocycles. The van der Waals surface area contributed by atoms with Crippen LogP contribution in [-0.4, -0.2) is 25.7 Å². The van der Waals surface area contributed by atoms with E-state index in [9.17, 15) is 9.90 Å². The highest BCUT2D eigenvalue weighted by molar-refractivity contribution is 6.09. The third-order valence-corrected chi connectivity index (χ3v) is 5.18. The molecule has 2 heterocycles. The molecule has 0 saturated heterocycles. The predicted molar refractivity (Wildman–Crippen MR) is 113 cm³/mol. The summed E-state index contributed by atoms with van der Waals surface area (Å²) >= 11 is 0. The van der Waals surface area contributed by atoms with E-state index in [1.54, 1.807) is 22.8 Å². The molecule has 0 unspecified atom stereocenters. The zero-order chi connectivity index (χ0) is 20.0. The number of aromatic nitrogens is 3. The number of benzene rings is 3. The number of aromatic carboxylic acids is 1. The fourth-order valence-corrected chi connectivity index (χ4v) is 3.69. The van der Waals surface area contributed by atoms with Crippen molar-refractivity contribution in [3.63, 3.8) is 0 Å². The van der Waals surface area contributed by atoms with E-state index in [2.05, 4.69) is 41.3 Å². The number of hydrogen-bond acceptors (Lipinski definition) is 3. The lowest BCUT2D eigenvalue weighted by molar-refractivity contribution is 0.0699. The SMILES string of the molecule is Cc1ccc(-c2cnc3c(-c4cccc5c(C(=O)O)cccc45)cnn3c2)cc1. The summed E-state index contributed by atoms with van der Waals surface area (Å²) in [6.45, 7) is 2.06. The van der Waals surface area contributed by atoms with Gasteiger partial charge in [-0.3, -0.25) is 0 Å². The fourth-order valence-electron chi connectivity index (χ4n) is 3.69. The van der Waals surface area contributed by atoms with Gasteiger partial charge in [-0.15, -0.1) is 0 Å². The van der Waals surface area contributed by atoms with Crippen LogP contribution in [0.3, 0.4) is 0 Å². The highest BCUT2D eigenvalue weighted by Crippen LogP contribution is 2.33. The van der Waals surface area contributed by atoms with Gasteiger partial charge in [0.25, 0.3) is 0 Å². The molecule has 0 aliphatic heterocycles. The van der Waals surface area contributed by atoms with Gasteiger partial charge >= 0.3 is 5.97 Å². The second kappa shape index (κ2) is 6.56. The summed E-state index contributed by atoms with van der Waals surface area (Å²) in [5.74, 6) is -0.937. The van der Waals surface area contributed by atoms with Crippen LogP contribution in [0.25, 0.3) is 38.7 Å². The standard InChI is InChI=1S/C24H17N3O2/c1-15-8-10-16(11-9-15)17-12-25-23-22(13-26-27(23)14-17)20-6-2-5-19-18(20)4-3-7-21(19)24(28)29/h2-14H,1H3,(H,28,29). The highest BCUT2D eigenvalue weighted by Gasteiger charge is 2.15. The average molecular weight is 379 g/mol. The summed E-state index contributed by atoms with van der Waals surface area (Å²) in [4.78, 5) is 16.3. The Balaban J connectivity index is 1.68. The molecule has 5 rings (SSSR count). The minimum Gasteiger partial charge on any atom is -0.478 e.